The van der Waals surface area contributed by atoms with Gasteiger partial charge in [-0.3, -0.25) is 9.59 Å². The molecule has 1 aromatic rings. The van der Waals surface area contributed by atoms with E-state index in [0.29, 0.717) is 26.1 Å². The number of nitrogens with zero attached hydrogens (tertiary/aromatic N) is 2. The molecule has 3 heterocycles. The third kappa shape index (κ3) is 1.84. The van der Waals surface area contributed by atoms with Crippen molar-refractivity contribution in [2.75, 3.05) is 19.6 Å². The smallest absolute Gasteiger partial charge is 0.264 e. The highest BCUT2D eigenvalue weighted by molar-refractivity contribution is 7.12. The fourth-order valence-corrected chi connectivity index (χ4v) is 3.30. The average Bonchev–Trinajstić information content (AvgIpc) is 2.98. The molecule has 2 saturated heterocycles. The molecule has 17 heavy (non-hydrogen) atoms. The maximum absolute atomic E-state index is 12.2. The fraction of sp³-hybridized carbons (Fsp3) is 0.500. The van der Waals surface area contributed by atoms with Crippen LogP contribution < -0.4 is 0 Å². The molecule has 90 valence electrons. The van der Waals surface area contributed by atoms with E-state index in [1.54, 1.807) is 0 Å². The largest absolute Gasteiger partial charge is 0.336 e. The van der Waals surface area contributed by atoms with Crippen LogP contribution in [-0.2, 0) is 4.79 Å². The minimum absolute atomic E-state index is 0.110. The number of carbonyl (C=O) groups is 2. The van der Waals surface area contributed by atoms with Gasteiger partial charge in [-0.05, 0) is 17.9 Å². The zero-order chi connectivity index (χ0) is 11.8. The topological polar surface area (TPSA) is 40.6 Å². The van der Waals surface area contributed by atoms with Crippen molar-refractivity contribution in [2.45, 2.75) is 18.9 Å². The van der Waals surface area contributed by atoms with Crippen LogP contribution in [0.4, 0.5) is 0 Å². The van der Waals surface area contributed by atoms with Gasteiger partial charge in [-0.15, -0.1) is 11.3 Å². The molecule has 0 radical (unpaired) electrons. The molecule has 2 amide bonds. The molecule has 1 aromatic heterocycles. The molecule has 4 nitrogen and oxygen atoms in total. The second-order valence-corrected chi connectivity index (χ2v) is 5.46. The van der Waals surface area contributed by atoms with Gasteiger partial charge in [0.1, 0.15) is 0 Å². The molecule has 0 aliphatic carbocycles. The zero-order valence-electron chi connectivity index (χ0n) is 9.46. The summed E-state index contributed by atoms with van der Waals surface area (Å²) < 4.78 is 0. The van der Waals surface area contributed by atoms with Crippen LogP contribution in [-0.4, -0.2) is 47.3 Å². The SMILES string of the molecule is O=C(c1cccs1)N1CCN2C(=O)CCC2C1. The number of rotatable bonds is 1. The molecule has 3 rings (SSSR count). The Morgan fingerprint density at radius 3 is 3.06 bits per heavy atom. The van der Waals surface area contributed by atoms with Crippen LogP contribution in [0.2, 0.25) is 0 Å². The summed E-state index contributed by atoms with van der Waals surface area (Å²) >= 11 is 1.48. The van der Waals surface area contributed by atoms with E-state index >= 15 is 0 Å². The minimum atomic E-state index is 0.110. The van der Waals surface area contributed by atoms with Gasteiger partial charge in [-0.1, -0.05) is 6.07 Å². The van der Waals surface area contributed by atoms with Gasteiger partial charge in [0, 0.05) is 32.1 Å². The number of piperazine rings is 1. The number of hydrogen-bond acceptors (Lipinski definition) is 3. The molecule has 2 aliphatic rings. The first-order valence-corrected chi connectivity index (χ1v) is 6.76. The number of amides is 2. The van der Waals surface area contributed by atoms with E-state index in [9.17, 15) is 9.59 Å². The number of carbonyl (C=O) groups excluding carboxylic acids is 2. The Kier molecular flexibility index (Phi) is 2.63. The van der Waals surface area contributed by atoms with Crippen molar-refractivity contribution in [2.24, 2.45) is 0 Å². The van der Waals surface area contributed by atoms with Crippen LogP contribution in [0.25, 0.3) is 0 Å². The van der Waals surface area contributed by atoms with Gasteiger partial charge in [0.05, 0.1) is 4.88 Å². The van der Waals surface area contributed by atoms with Gasteiger partial charge >= 0.3 is 0 Å². The average molecular weight is 250 g/mol. The van der Waals surface area contributed by atoms with Crippen LogP contribution in [0.3, 0.4) is 0 Å². The minimum Gasteiger partial charge on any atom is -0.336 e. The van der Waals surface area contributed by atoms with E-state index in [4.69, 9.17) is 0 Å². The predicted molar refractivity (Wildman–Crippen MR) is 65.0 cm³/mol. The molecule has 5 heteroatoms. The summed E-state index contributed by atoms with van der Waals surface area (Å²) in [6.07, 6.45) is 1.54. The molecule has 2 aliphatic heterocycles. The van der Waals surface area contributed by atoms with E-state index < -0.39 is 0 Å². The molecule has 2 fully saturated rings. The summed E-state index contributed by atoms with van der Waals surface area (Å²) in [6, 6.07) is 4.01. The van der Waals surface area contributed by atoms with Gasteiger partial charge < -0.3 is 9.80 Å². The van der Waals surface area contributed by atoms with Crippen LogP contribution in [0.15, 0.2) is 17.5 Å². The van der Waals surface area contributed by atoms with E-state index in [-0.39, 0.29) is 17.9 Å². The van der Waals surface area contributed by atoms with Crippen molar-refractivity contribution in [1.82, 2.24) is 9.80 Å². The lowest BCUT2D eigenvalue weighted by Crippen LogP contribution is -2.53. The molecule has 1 unspecified atom stereocenters. The maximum atomic E-state index is 12.2. The van der Waals surface area contributed by atoms with Gasteiger partial charge in [0.2, 0.25) is 5.91 Å². The monoisotopic (exact) mass is 250 g/mol. The van der Waals surface area contributed by atoms with Gasteiger partial charge in [0.15, 0.2) is 0 Å². The van der Waals surface area contributed by atoms with E-state index in [2.05, 4.69) is 0 Å². The Bertz CT molecular complexity index is 443. The molecule has 1 atom stereocenters. The quantitative estimate of drug-likeness (QED) is 0.751. The Labute approximate surface area is 104 Å². The van der Waals surface area contributed by atoms with E-state index in [1.807, 2.05) is 27.3 Å². The first-order chi connectivity index (χ1) is 8.25. The van der Waals surface area contributed by atoms with Crippen molar-refractivity contribution < 1.29 is 9.59 Å². The highest BCUT2D eigenvalue weighted by Gasteiger charge is 2.37. The maximum Gasteiger partial charge on any atom is 0.264 e. The van der Waals surface area contributed by atoms with Crippen LogP contribution in [0.1, 0.15) is 22.5 Å². The third-order valence-electron chi connectivity index (χ3n) is 3.51. The molecule has 0 N–H and O–H groups in total. The highest BCUT2D eigenvalue weighted by Crippen LogP contribution is 2.24. The standard InChI is InChI=1S/C12H14N2O2S/c15-11-4-3-9-8-13(5-6-14(9)11)12(16)10-2-1-7-17-10/h1-2,7,9H,3-6,8H2. The molecule has 0 saturated carbocycles. The Morgan fingerprint density at radius 1 is 1.41 bits per heavy atom. The second-order valence-electron chi connectivity index (χ2n) is 4.51. The van der Waals surface area contributed by atoms with Crippen LogP contribution in [0.5, 0.6) is 0 Å². The summed E-state index contributed by atoms with van der Waals surface area (Å²) in [4.78, 5) is 28.3. The van der Waals surface area contributed by atoms with Gasteiger partial charge in [-0.2, -0.15) is 0 Å². The van der Waals surface area contributed by atoms with Crippen molar-refractivity contribution in [1.29, 1.82) is 0 Å². The normalized spacial score (nSPS) is 24.0. The molecular weight excluding hydrogens is 236 g/mol. The first-order valence-electron chi connectivity index (χ1n) is 5.88. The van der Waals surface area contributed by atoms with E-state index in [1.165, 1.54) is 11.3 Å². The molecule has 0 spiro atoms. The molecule has 0 aromatic carbocycles. The third-order valence-corrected chi connectivity index (χ3v) is 4.37. The van der Waals surface area contributed by atoms with Crippen LogP contribution >= 0.6 is 11.3 Å². The van der Waals surface area contributed by atoms with E-state index in [0.717, 1.165) is 11.3 Å². The Hall–Kier alpha value is -1.36. The summed E-state index contributed by atoms with van der Waals surface area (Å²) in [5.74, 6) is 0.359. The summed E-state index contributed by atoms with van der Waals surface area (Å²) in [5.41, 5.74) is 0. The fourth-order valence-electron chi connectivity index (χ4n) is 2.60. The second kappa shape index (κ2) is 4.14. The van der Waals surface area contributed by atoms with Crippen molar-refractivity contribution in [3.05, 3.63) is 22.4 Å². The van der Waals surface area contributed by atoms with Gasteiger partial charge in [0.25, 0.3) is 5.91 Å². The summed E-state index contributed by atoms with van der Waals surface area (Å²) in [7, 11) is 0. The number of hydrogen-bond donors (Lipinski definition) is 0. The summed E-state index contributed by atoms with van der Waals surface area (Å²) in [5, 5.41) is 1.92. The lowest BCUT2D eigenvalue weighted by atomic mass is 10.1. The number of fused-ring (bicyclic) bond motifs is 1. The predicted octanol–water partition coefficient (Wildman–Crippen LogP) is 1.19. The summed E-state index contributed by atoms with van der Waals surface area (Å²) in [6.45, 7) is 2.06. The first kappa shape index (κ1) is 10.8. The van der Waals surface area contributed by atoms with Gasteiger partial charge in [-0.25, -0.2) is 0 Å². The highest BCUT2D eigenvalue weighted by atomic mass is 32.1. The number of thiophene rings is 1. The van der Waals surface area contributed by atoms with Crippen molar-refractivity contribution in [3.63, 3.8) is 0 Å². The Balaban J connectivity index is 1.71. The Morgan fingerprint density at radius 2 is 2.29 bits per heavy atom. The molecular formula is C12H14N2O2S. The lowest BCUT2D eigenvalue weighted by molar-refractivity contribution is -0.130. The molecule has 0 bridgehead atoms. The zero-order valence-corrected chi connectivity index (χ0v) is 10.3. The lowest BCUT2D eigenvalue weighted by Gasteiger charge is -2.37. The van der Waals surface area contributed by atoms with Crippen LogP contribution in [0, 0.1) is 0 Å². The van der Waals surface area contributed by atoms with Crippen molar-refractivity contribution in [3.8, 4) is 0 Å². The van der Waals surface area contributed by atoms with Crippen molar-refractivity contribution >= 4 is 23.2 Å².